The second kappa shape index (κ2) is 5.18. The highest BCUT2D eigenvalue weighted by Gasteiger charge is 2.18. The number of carboxylic acid groups (broad SMARTS) is 1. The predicted molar refractivity (Wildman–Crippen MR) is 55.9 cm³/mol. The Morgan fingerprint density at radius 3 is 2.93 bits per heavy atom. The third kappa shape index (κ3) is 3.24. The molecule has 1 atom stereocenters. The fraction of sp³-hybridized carbons (Fsp3) is 0.333. The molecule has 0 aliphatic heterocycles. The van der Waals surface area contributed by atoms with Gasteiger partial charge < -0.3 is 10.8 Å². The van der Waals surface area contributed by atoms with Gasteiger partial charge in [-0.25, -0.2) is 4.98 Å². The molecule has 15 heavy (non-hydrogen) atoms. The number of nitrogens with two attached hydrogens (primary N) is 1. The van der Waals surface area contributed by atoms with Gasteiger partial charge in [-0.05, 0) is 28.5 Å². The van der Waals surface area contributed by atoms with Gasteiger partial charge in [-0.1, -0.05) is 0 Å². The minimum Gasteiger partial charge on any atom is -0.481 e. The lowest BCUT2D eigenvalue weighted by Gasteiger charge is -2.13. The summed E-state index contributed by atoms with van der Waals surface area (Å²) in [5.74, 6) is -2.23. The molecule has 0 radical (unpaired) electrons. The molecule has 1 aromatic heterocycles. The largest absolute Gasteiger partial charge is 0.481 e. The van der Waals surface area contributed by atoms with Crippen LogP contribution in [0.25, 0.3) is 0 Å². The summed E-state index contributed by atoms with van der Waals surface area (Å²) in [7, 11) is 0. The summed E-state index contributed by atoms with van der Waals surface area (Å²) in [6, 6.07) is 1.50. The zero-order chi connectivity index (χ0) is 11.4. The lowest BCUT2D eigenvalue weighted by molar-refractivity contribution is -0.137. The molecular weight excluding hydrogens is 267 g/mol. The normalized spacial score (nSPS) is 12.5. The summed E-state index contributed by atoms with van der Waals surface area (Å²) < 4.78 is 13.9. The number of hydrogen-bond acceptors (Lipinski definition) is 3. The van der Waals surface area contributed by atoms with Crippen LogP contribution in [-0.2, 0) is 4.79 Å². The number of pyridine rings is 1. The Labute approximate surface area is 94.4 Å². The summed E-state index contributed by atoms with van der Waals surface area (Å²) in [6.07, 6.45) is 1.11. The van der Waals surface area contributed by atoms with Gasteiger partial charge >= 0.3 is 5.97 Å². The second-order valence-corrected chi connectivity index (χ2v) is 3.98. The van der Waals surface area contributed by atoms with Crippen LogP contribution in [-0.4, -0.2) is 22.6 Å². The molecule has 0 fully saturated rings. The maximum atomic E-state index is 13.3. The summed E-state index contributed by atoms with van der Waals surface area (Å²) in [5.41, 5.74) is 5.63. The van der Waals surface area contributed by atoms with E-state index in [4.69, 9.17) is 10.8 Å². The second-order valence-electron chi connectivity index (χ2n) is 3.06. The molecule has 1 unspecified atom stereocenters. The van der Waals surface area contributed by atoms with Gasteiger partial charge in [0, 0.05) is 22.2 Å². The van der Waals surface area contributed by atoms with Crippen molar-refractivity contribution < 1.29 is 14.3 Å². The first-order valence-electron chi connectivity index (χ1n) is 4.27. The maximum Gasteiger partial charge on any atom is 0.304 e. The molecule has 0 bridgehead atoms. The van der Waals surface area contributed by atoms with E-state index < -0.39 is 17.8 Å². The molecule has 1 rings (SSSR count). The maximum absolute atomic E-state index is 13.3. The number of halogens is 2. The standard InChI is InChI=1S/C9H10BrFN2O2/c10-6-2-7(9(11)13-4-6)5(3-12)1-8(14)15/h2,4-5H,1,3,12H2,(H,14,15). The predicted octanol–water partition coefficient (Wildman–Crippen LogP) is 1.50. The van der Waals surface area contributed by atoms with Crippen molar-refractivity contribution in [2.75, 3.05) is 6.54 Å². The molecule has 1 aromatic rings. The average Bonchev–Trinajstić information content (AvgIpc) is 2.18. The molecule has 1 heterocycles. The van der Waals surface area contributed by atoms with Crippen LogP contribution in [0, 0.1) is 5.95 Å². The van der Waals surface area contributed by atoms with E-state index in [1.807, 2.05) is 0 Å². The van der Waals surface area contributed by atoms with E-state index in [0.717, 1.165) is 0 Å². The van der Waals surface area contributed by atoms with Crippen molar-refractivity contribution >= 4 is 21.9 Å². The topological polar surface area (TPSA) is 76.2 Å². The van der Waals surface area contributed by atoms with E-state index in [1.165, 1.54) is 12.3 Å². The van der Waals surface area contributed by atoms with Crippen molar-refractivity contribution in [1.82, 2.24) is 4.98 Å². The van der Waals surface area contributed by atoms with Crippen LogP contribution < -0.4 is 5.73 Å². The number of carboxylic acids is 1. The van der Waals surface area contributed by atoms with Crippen molar-refractivity contribution in [3.05, 3.63) is 28.2 Å². The highest BCUT2D eigenvalue weighted by Crippen LogP contribution is 2.23. The Kier molecular flexibility index (Phi) is 4.16. The molecule has 3 N–H and O–H groups in total. The van der Waals surface area contributed by atoms with Gasteiger partial charge in [-0.15, -0.1) is 0 Å². The van der Waals surface area contributed by atoms with E-state index in [0.29, 0.717) is 4.47 Å². The third-order valence-corrected chi connectivity index (χ3v) is 2.41. The van der Waals surface area contributed by atoms with Crippen LogP contribution in [0.2, 0.25) is 0 Å². The van der Waals surface area contributed by atoms with Gasteiger partial charge in [0.1, 0.15) is 0 Å². The van der Waals surface area contributed by atoms with E-state index in [-0.39, 0.29) is 18.5 Å². The Morgan fingerprint density at radius 2 is 2.40 bits per heavy atom. The molecule has 0 aromatic carbocycles. The van der Waals surface area contributed by atoms with Gasteiger partial charge in [0.25, 0.3) is 0 Å². The number of aromatic nitrogens is 1. The van der Waals surface area contributed by atoms with Crippen LogP contribution in [0.5, 0.6) is 0 Å². The Bertz CT molecular complexity index is 373. The molecule has 0 saturated carbocycles. The van der Waals surface area contributed by atoms with Crippen LogP contribution >= 0.6 is 15.9 Å². The first-order valence-corrected chi connectivity index (χ1v) is 5.06. The summed E-state index contributed by atoms with van der Waals surface area (Å²) in [6.45, 7) is 0.0708. The number of nitrogens with zero attached hydrogens (tertiary/aromatic N) is 1. The van der Waals surface area contributed by atoms with Gasteiger partial charge in [-0.2, -0.15) is 4.39 Å². The number of rotatable bonds is 4. The SMILES string of the molecule is NCC(CC(=O)O)c1cc(Br)cnc1F. The highest BCUT2D eigenvalue weighted by atomic mass is 79.9. The fourth-order valence-corrected chi connectivity index (χ4v) is 1.60. The highest BCUT2D eigenvalue weighted by molar-refractivity contribution is 9.10. The smallest absolute Gasteiger partial charge is 0.304 e. The molecule has 0 aliphatic rings. The molecule has 6 heteroatoms. The lowest BCUT2D eigenvalue weighted by atomic mass is 9.97. The Morgan fingerprint density at radius 1 is 1.73 bits per heavy atom. The fourth-order valence-electron chi connectivity index (χ4n) is 1.26. The average molecular weight is 277 g/mol. The Hall–Kier alpha value is -1.01. The third-order valence-electron chi connectivity index (χ3n) is 1.98. The molecular formula is C9H10BrFN2O2. The number of hydrogen-bond donors (Lipinski definition) is 2. The molecule has 0 amide bonds. The molecule has 4 nitrogen and oxygen atoms in total. The quantitative estimate of drug-likeness (QED) is 0.818. The van der Waals surface area contributed by atoms with Crippen molar-refractivity contribution in [1.29, 1.82) is 0 Å². The van der Waals surface area contributed by atoms with Crippen molar-refractivity contribution in [3.8, 4) is 0 Å². The van der Waals surface area contributed by atoms with E-state index >= 15 is 0 Å². The van der Waals surface area contributed by atoms with Gasteiger partial charge in [0.2, 0.25) is 5.95 Å². The van der Waals surface area contributed by atoms with Gasteiger partial charge in [-0.3, -0.25) is 4.79 Å². The lowest BCUT2D eigenvalue weighted by Crippen LogP contribution is -2.18. The first-order chi connectivity index (χ1) is 7.04. The van der Waals surface area contributed by atoms with Crippen LogP contribution in [0.1, 0.15) is 17.9 Å². The minimum atomic E-state index is -1.01. The van der Waals surface area contributed by atoms with Crippen LogP contribution in [0.15, 0.2) is 16.7 Å². The van der Waals surface area contributed by atoms with Gasteiger partial charge in [0.15, 0.2) is 0 Å². The number of carbonyl (C=O) groups is 1. The van der Waals surface area contributed by atoms with Crippen molar-refractivity contribution in [2.45, 2.75) is 12.3 Å². The summed E-state index contributed by atoms with van der Waals surface area (Å²) in [4.78, 5) is 14.0. The van der Waals surface area contributed by atoms with E-state index in [9.17, 15) is 9.18 Å². The Balaban J connectivity index is 3.00. The zero-order valence-electron chi connectivity index (χ0n) is 7.78. The van der Waals surface area contributed by atoms with Crippen LogP contribution in [0.4, 0.5) is 4.39 Å². The molecule has 0 spiro atoms. The number of aliphatic carboxylic acids is 1. The molecule has 82 valence electrons. The van der Waals surface area contributed by atoms with Gasteiger partial charge in [0.05, 0.1) is 6.42 Å². The minimum absolute atomic E-state index is 0.0708. The summed E-state index contributed by atoms with van der Waals surface area (Å²) in [5, 5.41) is 8.63. The molecule has 0 saturated heterocycles. The monoisotopic (exact) mass is 276 g/mol. The van der Waals surface area contributed by atoms with Crippen molar-refractivity contribution in [2.24, 2.45) is 5.73 Å². The molecule has 0 aliphatic carbocycles. The summed E-state index contributed by atoms with van der Waals surface area (Å²) >= 11 is 3.14. The zero-order valence-corrected chi connectivity index (χ0v) is 9.37. The van der Waals surface area contributed by atoms with E-state index in [1.54, 1.807) is 0 Å². The van der Waals surface area contributed by atoms with E-state index in [2.05, 4.69) is 20.9 Å². The first kappa shape index (κ1) is 12.1. The van der Waals surface area contributed by atoms with Crippen molar-refractivity contribution in [3.63, 3.8) is 0 Å². The van der Waals surface area contributed by atoms with Crippen LogP contribution in [0.3, 0.4) is 0 Å².